The number of anilines is 1. The second kappa shape index (κ2) is 10.3. The van der Waals surface area contributed by atoms with Gasteiger partial charge in [0.25, 0.3) is 0 Å². The molecule has 9 nitrogen and oxygen atoms in total. The monoisotopic (exact) mass is 516 g/mol. The van der Waals surface area contributed by atoms with E-state index in [1.54, 1.807) is 26.0 Å². The Balaban J connectivity index is 1.76. The van der Waals surface area contributed by atoms with Crippen molar-refractivity contribution in [2.24, 2.45) is 0 Å². The molecule has 0 bridgehead atoms. The quantitative estimate of drug-likeness (QED) is 0.457. The van der Waals surface area contributed by atoms with Crippen LogP contribution in [-0.2, 0) is 14.8 Å². The highest BCUT2D eigenvalue weighted by atomic mass is 35.5. The van der Waals surface area contributed by atoms with Crippen molar-refractivity contribution in [1.82, 2.24) is 4.31 Å². The molecule has 1 saturated heterocycles. The van der Waals surface area contributed by atoms with E-state index in [1.165, 1.54) is 4.31 Å². The highest BCUT2D eigenvalue weighted by Crippen LogP contribution is 2.46. The minimum Gasteiger partial charge on any atom is -0.479 e. The lowest BCUT2D eigenvalue weighted by Crippen LogP contribution is -2.44. The molecule has 12 heteroatoms. The fraction of sp³-hybridized carbons (Fsp3) is 0.429. The largest absolute Gasteiger partial charge is 0.479 e. The molecule has 0 atom stereocenters. The molecule has 2 heterocycles. The lowest BCUT2D eigenvalue weighted by atomic mass is 10.1. The summed E-state index contributed by atoms with van der Waals surface area (Å²) < 4.78 is 31.4. The number of hydrogen-bond acceptors (Lipinski definition) is 7. The number of nitrogens with one attached hydrogen (secondary N) is 1. The number of ether oxygens (including phenoxy) is 1. The Labute approximate surface area is 201 Å². The summed E-state index contributed by atoms with van der Waals surface area (Å²) in [5, 5.41) is 21.3. The van der Waals surface area contributed by atoms with E-state index in [2.05, 4.69) is 5.32 Å². The molecule has 1 aromatic heterocycles. The summed E-state index contributed by atoms with van der Waals surface area (Å²) in [6.07, 6.45) is 1.32. The van der Waals surface area contributed by atoms with Crippen LogP contribution in [0.25, 0.3) is 10.4 Å². The van der Waals surface area contributed by atoms with Crippen molar-refractivity contribution in [2.75, 3.05) is 25.0 Å². The zero-order valence-electron chi connectivity index (χ0n) is 18.1. The van der Waals surface area contributed by atoms with Gasteiger partial charge in [0.1, 0.15) is 5.02 Å². The van der Waals surface area contributed by atoms with Gasteiger partial charge >= 0.3 is 11.9 Å². The molecule has 0 unspecified atom stereocenters. The van der Waals surface area contributed by atoms with Gasteiger partial charge in [-0.05, 0) is 44.4 Å². The first-order chi connectivity index (χ1) is 15.5. The zero-order chi connectivity index (χ0) is 24.3. The number of carboxylic acid groups (broad SMARTS) is 2. The van der Waals surface area contributed by atoms with Gasteiger partial charge in [-0.3, -0.25) is 0 Å². The van der Waals surface area contributed by atoms with Crippen LogP contribution in [0.5, 0.6) is 5.75 Å². The molecule has 0 radical (unpaired) electrons. The zero-order valence-corrected chi connectivity index (χ0v) is 20.5. The number of aliphatic carboxylic acids is 1. The van der Waals surface area contributed by atoms with Gasteiger partial charge in [-0.15, -0.1) is 11.3 Å². The fourth-order valence-electron chi connectivity index (χ4n) is 3.52. The molecule has 2 aromatic rings. The van der Waals surface area contributed by atoms with Crippen LogP contribution in [0.1, 0.15) is 36.4 Å². The van der Waals surface area contributed by atoms with E-state index in [0.717, 1.165) is 17.0 Å². The van der Waals surface area contributed by atoms with Crippen LogP contribution in [0, 0.1) is 0 Å². The van der Waals surface area contributed by atoms with Crippen molar-refractivity contribution in [2.45, 2.75) is 38.0 Å². The number of carbonyl (C=O) groups is 2. The van der Waals surface area contributed by atoms with Crippen molar-refractivity contribution < 1.29 is 33.0 Å². The number of aromatic carboxylic acids is 1. The summed E-state index contributed by atoms with van der Waals surface area (Å²) in [7, 11) is -3.27. The Bertz CT molecular complexity index is 1140. The lowest BCUT2D eigenvalue weighted by molar-refractivity contribution is -0.139. The van der Waals surface area contributed by atoms with E-state index < -0.39 is 33.8 Å². The number of nitrogens with zero attached hydrogens (tertiary/aromatic N) is 1. The fourth-order valence-corrected chi connectivity index (χ4v) is 6.24. The molecule has 33 heavy (non-hydrogen) atoms. The van der Waals surface area contributed by atoms with Gasteiger partial charge in [0.05, 0.1) is 10.1 Å². The molecular formula is C21H25ClN2O7S2. The summed E-state index contributed by atoms with van der Waals surface area (Å²) in [6, 6.07) is 7.34. The van der Waals surface area contributed by atoms with E-state index in [0.29, 0.717) is 36.4 Å². The molecule has 1 fully saturated rings. The Hall–Kier alpha value is -2.34. The average molecular weight is 517 g/mol. The van der Waals surface area contributed by atoms with E-state index >= 15 is 0 Å². The number of rotatable bonds is 9. The van der Waals surface area contributed by atoms with Gasteiger partial charge in [-0.2, -0.15) is 0 Å². The van der Waals surface area contributed by atoms with Gasteiger partial charge in [0.2, 0.25) is 10.0 Å². The van der Waals surface area contributed by atoms with Gasteiger partial charge in [-0.25, -0.2) is 22.3 Å². The van der Waals surface area contributed by atoms with Gasteiger partial charge < -0.3 is 20.3 Å². The number of carboxylic acids is 2. The molecule has 0 amide bonds. The predicted molar refractivity (Wildman–Crippen MR) is 127 cm³/mol. The second-order valence-corrected chi connectivity index (χ2v) is 11.8. The Kier molecular flexibility index (Phi) is 7.88. The third-order valence-corrected chi connectivity index (χ3v) is 9.21. The minimum absolute atomic E-state index is 0.0444. The molecule has 0 saturated carbocycles. The van der Waals surface area contributed by atoms with Crippen LogP contribution in [0.15, 0.2) is 24.3 Å². The third-order valence-electron chi connectivity index (χ3n) is 5.25. The third kappa shape index (κ3) is 5.78. The van der Waals surface area contributed by atoms with Crippen molar-refractivity contribution in [1.29, 1.82) is 0 Å². The van der Waals surface area contributed by atoms with Crippen LogP contribution in [-0.4, -0.2) is 65.9 Å². The molecule has 0 spiro atoms. The van der Waals surface area contributed by atoms with Crippen molar-refractivity contribution in [3.05, 3.63) is 34.2 Å². The molecule has 0 aliphatic carbocycles. The van der Waals surface area contributed by atoms with Crippen molar-refractivity contribution in [3.8, 4) is 16.2 Å². The number of halogens is 1. The summed E-state index contributed by atoms with van der Waals surface area (Å²) in [5.41, 5.74) is 1.44. The number of sulfonamides is 1. The second-order valence-electron chi connectivity index (χ2n) is 7.88. The maximum Gasteiger partial charge on any atom is 0.349 e. The average Bonchev–Trinajstić information content (AvgIpc) is 3.09. The number of thiophene rings is 1. The van der Waals surface area contributed by atoms with Crippen molar-refractivity contribution in [3.63, 3.8) is 0 Å². The summed E-state index contributed by atoms with van der Waals surface area (Å²) in [6.45, 7) is 3.54. The summed E-state index contributed by atoms with van der Waals surface area (Å²) >= 11 is 7.28. The first kappa shape index (κ1) is 25.3. The molecule has 1 aromatic carbocycles. The van der Waals surface area contributed by atoms with Crippen LogP contribution < -0.4 is 10.1 Å². The molecule has 1 aliphatic rings. The first-order valence-electron chi connectivity index (χ1n) is 10.3. The molecule has 1 aliphatic heterocycles. The van der Waals surface area contributed by atoms with Crippen LogP contribution in [0.3, 0.4) is 0 Å². The number of benzene rings is 1. The summed E-state index contributed by atoms with van der Waals surface area (Å²) in [5.74, 6) is -2.66. The highest BCUT2D eigenvalue weighted by molar-refractivity contribution is 7.89. The number of hydrogen-bond donors (Lipinski definition) is 3. The van der Waals surface area contributed by atoms with Crippen LogP contribution in [0.2, 0.25) is 5.02 Å². The van der Waals surface area contributed by atoms with E-state index in [9.17, 15) is 23.1 Å². The van der Waals surface area contributed by atoms with Gasteiger partial charge in [0.15, 0.2) is 17.2 Å². The maximum atomic E-state index is 12.4. The Morgan fingerprint density at radius 2 is 1.94 bits per heavy atom. The molecular weight excluding hydrogens is 492 g/mol. The topological polar surface area (TPSA) is 133 Å². The Morgan fingerprint density at radius 3 is 2.52 bits per heavy atom. The minimum atomic E-state index is -3.27. The van der Waals surface area contributed by atoms with E-state index in [1.807, 2.05) is 12.1 Å². The smallest absolute Gasteiger partial charge is 0.349 e. The first-order valence-corrected chi connectivity index (χ1v) is 13.0. The molecule has 3 rings (SSSR count). The van der Waals surface area contributed by atoms with Gasteiger partial charge in [0, 0.05) is 24.8 Å². The normalized spacial score (nSPS) is 15.5. The SMILES string of the molecule is CC(C)S(=O)(=O)N1CCC(Nc2cccc(-c3sc(C(=O)O)c(OCC(=O)O)c3Cl)c2)CC1. The van der Waals surface area contributed by atoms with Gasteiger partial charge in [-0.1, -0.05) is 23.7 Å². The van der Waals surface area contributed by atoms with Crippen molar-refractivity contribution >= 4 is 50.6 Å². The Morgan fingerprint density at radius 1 is 1.27 bits per heavy atom. The standard InChI is InChI=1S/C21H25ClN2O7S2/c1-12(2)33(29,30)24-8-6-14(7-9-24)23-15-5-3-4-13(10-15)19-17(22)18(31-11-16(25)26)20(32-19)21(27)28/h3-5,10,12,14,23H,6-9,11H2,1-2H3,(H,25,26)(H,27,28). The predicted octanol–water partition coefficient (Wildman–Crippen LogP) is 3.84. The van der Waals surface area contributed by atoms with Crippen LogP contribution >= 0.6 is 22.9 Å². The van der Waals surface area contributed by atoms with E-state index in [-0.39, 0.29) is 21.7 Å². The lowest BCUT2D eigenvalue weighted by Gasteiger charge is -2.33. The number of piperidine rings is 1. The van der Waals surface area contributed by atoms with Crippen LogP contribution in [0.4, 0.5) is 5.69 Å². The molecule has 3 N–H and O–H groups in total. The summed E-state index contributed by atoms with van der Waals surface area (Å²) in [4.78, 5) is 22.7. The maximum absolute atomic E-state index is 12.4. The molecule has 180 valence electrons. The highest BCUT2D eigenvalue weighted by Gasteiger charge is 2.30. The van der Waals surface area contributed by atoms with E-state index in [4.69, 9.17) is 21.4 Å².